The Hall–Kier alpha value is -2.09. The Bertz CT molecular complexity index is 638. The molecular formula is C11H13N5O2S. The van der Waals surface area contributed by atoms with E-state index in [9.17, 15) is 0 Å². The lowest BCUT2D eigenvalue weighted by Crippen LogP contribution is -2.18. The van der Waals surface area contributed by atoms with Crippen LogP contribution in [0.3, 0.4) is 0 Å². The zero-order chi connectivity index (χ0) is 14.0. The standard InChI is InChI=1S/C11H13N5O2S/c1-5-4-18-11(13-5)19-10-8(9(12)16-17)6(2)7(3)14-15-10/h4,17H,1-3H3,(H2,12,16). The molecule has 0 aliphatic rings. The first-order valence-corrected chi connectivity index (χ1v) is 6.26. The molecular weight excluding hydrogens is 266 g/mol. The number of oxime groups is 1. The summed E-state index contributed by atoms with van der Waals surface area (Å²) in [7, 11) is 0. The number of nitrogens with two attached hydrogens (primary N) is 1. The molecule has 0 saturated carbocycles. The zero-order valence-corrected chi connectivity index (χ0v) is 11.5. The van der Waals surface area contributed by atoms with E-state index in [0.29, 0.717) is 15.8 Å². The first-order chi connectivity index (χ1) is 9.02. The molecule has 2 aromatic heterocycles. The van der Waals surface area contributed by atoms with Crippen LogP contribution in [0.15, 0.2) is 26.1 Å². The van der Waals surface area contributed by atoms with E-state index in [1.807, 2.05) is 13.8 Å². The van der Waals surface area contributed by atoms with Crippen molar-refractivity contribution < 1.29 is 9.62 Å². The number of oxazole rings is 1. The Morgan fingerprint density at radius 3 is 2.68 bits per heavy atom. The Balaban J connectivity index is 2.48. The molecule has 0 spiro atoms. The summed E-state index contributed by atoms with van der Waals surface area (Å²) in [6, 6.07) is 0. The van der Waals surface area contributed by atoms with Gasteiger partial charge in [0.25, 0.3) is 5.22 Å². The van der Waals surface area contributed by atoms with Crippen LogP contribution in [0.25, 0.3) is 0 Å². The Morgan fingerprint density at radius 2 is 2.11 bits per heavy atom. The molecule has 100 valence electrons. The minimum atomic E-state index is -0.0127. The van der Waals surface area contributed by atoms with Crippen LogP contribution in [0.5, 0.6) is 0 Å². The number of aryl methyl sites for hydroxylation is 2. The number of rotatable bonds is 3. The molecule has 0 bridgehead atoms. The summed E-state index contributed by atoms with van der Waals surface area (Å²) < 4.78 is 5.25. The third-order valence-electron chi connectivity index (χ3n) is 2.57. The van der Waals surface area contributed by atoms with Crippen molar-refractivity contribution in [1.82, 2.24) is 15.2 Å². The van der Waals surface area contributed by atoms with Gasteiger partial charge in [0.05, 0.1) is 17.0 Å². The largest absolute Gasteiger partial charge is 0.439 e. The van der Waals surface area contributed by atoms with E-state index in [1.165, 1.54) is 11.8 Å². The smallest absolute Gasteiger partial charge is 0.262 e. The predicted octanol–water partition coefficient (Wildman–Crippen LogP) is 1.64. The highest BCUT2D eigenvalue weighted by atomic mass is 32.2. The molecule has 0 saturated heterocycles. The Morgan fingerprint density at radius 1 is 1.37 bits per heavy atom. The summed E-state index contributed by atoms with van der Waals surface area (Å²) in [4.78, 5) is 4.17. The van der Waals surface area contributed by atoms with Crippen LogP contribution in [0.4, 0.5) is 0 Å². The van der Waals surface area contributed by atoms with Gasteiger partial charge < -0.3 is 15.4 Å². The maximum atomic E-state index is 8.86. The van der Waals surface area contributed by atoms with Crippen molar-refractivity contribution in [2.24, 2.45) is 10.9 Å². The van der Waals surface area contributed by atoms with Crippen molar-refractivity contribution >= 4 is 17.6 Å². The van der Waals surface area contributed by atoms with E-state index in [-0.39, 0.29) is 5.84 Å². The highest BCUT2D eigenvalue weighted by Gasteiger charge is 2.18. The van der Waals surface area contributed by atoms with E-state index in [1.54, 1.807) is 13.2 Å². The van der Waals surface area contributed by atoms with Crippen LogP contribution in [-0.4, -0.2) is 26.2 Å². The van der Waals surface area contributed by atoms with Crippen molar-refractivity contribution in [3.05, 3.63) is 28.8 Å². The number of amidine groups is 1. The first kappa shape index (κ1) is 13.3. The van der Waals surface area contributed by atoms with Gasteiger partial charge in [-0.2, -0.15) is 5.10 Å². The molecule has 0 atom stereocenters. The van der Waals surface area contributed by atoms with Crippen molar-refractivity contribution in [3.8, 4) is 0 Å². The van der Waals surface area contributed by atoms with Gasteiger partial charge in [-0.25, -0.2) is 4.98 Å². The van der Waals surface area contributed by atoms with Crippen molar-refractivity contribution in [3.63, 3.8) is 0 Å². The van der Waals surface area contributed by atoms with E-state index < -0.39 is 0 Å². The van der Waals surface area contributed by atoms with Crippen LogP contribution in [0, 0.1) is 20.8 Å². The van der Waals surface area contributed by atoms with Crippen molar-refractivity contribution in [2.45, 2.75) is 31.0 Å². The summed E-state index contributed by atoms with van der Waals surface area (Å²) in [5.41, 5.74) is 8.52. The molecule has 0 radical (unpaired) electrons. The maximum absolute atomic E-state index is 8.86. The predicted molar refractivity (Wildman–Crippen MR) is 69.4 cm³/mol. The number of aromatic nitrogens is 3. The molecule has 0 amide bonds. The molecule has 0 unspecified atom stereocenters. The van der Waals surface area contributed by atoms with E-state index in [4.69, 9.17) is 15.4 Å². The molecule has 3 N–H and O–H groups in total. The van der Waals surface area contributed by atoms with Crippen LogP contribution in [0.1, 0.15) is 22.5 Å². The van der Waals surface area contributed by atoms with Crippen LogP contribution >= 0.6 is 11.8 Å². The summed E-state index contributed by atoms with van der Waals surface area (Å²) in [5, 5.41) is 20.9. The minimum Gasteiger partial charge on any atom is -0.439 e. The lowest BCUT2D eigenvalue weighted by atomic mass is 10.1. The van der Waals surface area contributed by atoms with Gasteiger partial charge in [0.2, 0.25) is 0 Å². The monoisotopic (exact) mass is 279 g/mol. The number of hydrogen-bond donors (Lipinski definition) is 2. The average Bonchev–Trinajstić information content (AvgIpc) is 2.79. The molecule has 0 aliphatic carbocycles. The molecule has 8 heteroatoms. The van der Waals surface area contributed by atoms with E-state index >= 15 is 0 Å². The average molecular weight is 279 g/mol. The Labute approximate surface area is 113 Å². The molecule has 0 aromatic carbocycles. The normalized spacial score (nSPS) is 11.8. The fourth-order valence-electron chi connectivity index (χ4n) is 1.47. The fourth-order valence-corrected chi connectivity index (χ4v) is 2.36. The van der Waals surface area contributed by atoms with Gasteiger partial charge in [-0.15, -0.1) is 5.10 Å². The van der Waals surface area contributed by atoms with Crippen molar-refractivity contribution in [2.75, 3.05) is 0 Å². The second-order valence-corrected chi connectivity index (χ2v) is 4.87. The summed E-state index contributed by atoms with van der Waals surface area (Å²) in [6.07, 6.45) is 1.54. The maximum Gasteiger partial charge on any atom is 0.262 e. The molecule has 19 heavy (non-hydrogen) atoms. The second-order valence-electron chi connectivity index (χ2n) is 3.93. The third kappa shape index (κ3) is 2.68. The van der Waals surface area contributed by atoms with Crippen LogP contribution in [-0.2, 0) is 0 Å². The number of nitrogens with zero attached hydrogens (tertiary/aromatic N) is 4. The Kier molecular flexibility index (Phi) is 3.70. The van der Waals surface area contributed by atoms with E-state index in [0.717, 1.165) is 17.0 Å². The number of hydrogen-bond acceptors (Lipinski definition) is 7. The third-order valence-corrected chi connectivity index (χ3v) is 3.41. The van der Waals surface area contributed by atoms with Crippen LogP contribution in [0.2, 0.25) is 0 Å². The first-order valence-electron chi connectivity index (χ1n) is 5.44. The van der Waals surface area contributed by atoms with Gasteiger partial charge in [-0.3, -0.25) is 0 Å². The zero-order valence-electron chi connectivity index (χ0n) is 10.7. The van der Waals surface area contributed by atoms with Gasteiger partial charge >= 0.3 is 0 Å². The van der Waals surface area contributed by atoms with Gasteiger partial charge in [-0.1, -0.05) is 5.16 Å². The molecule has 7 nitrogen and oxygen atoms in total. The molecule has 0 fully saturated rings. The SMILES string of the molecule is Cc1coc(Sc2nnc(C)c(C)c2C(N)=NO)n1. The van der Waals surface area contributed by atoms with Gasteiger partial charge in [0.15, 0.2) is 5.84 Å². The lowest BCUT2D eigenvalue weighted by molar-refractivity contribution is 0.318. The quantitative estimate of drug-likeness (QED) is 0.380. The fraction of sp³-hybridized carbons (Fsp3) is 0.273. The summed E-state index contributed by atoms with van der Waals surface area (Å²) in [5.74, 6) is -0.0127. The van der Waals surface area contributed by atoms with Gasteiger partial charge in [-0.05, 0) is 38.1 Å². The molecule has 2 heterocycles. The second kappa shape index (κ2) is 5.27. The summed E-state index contributed by atoms with van der Waals surface area (Å²) >= 11 is 1.18. The molecule has 2 rings (SSSR count). The highest BCUT2D eigenvalue weighted by molar-refractivity contribution is 7.99. The summed E-state index contributed by atoms with van der Waals surface area (Å²) in [6.45, 7) is 5.46. The lowest BCUT2D eigenvalue weighted by Gasteiger charge is -2.09. The highest BCUT2D eigenvalue weighted by Crippen LogP contribution is 2.29. The van der Waals surface area contributed by atoms with Gasteiger partial charge in [0.1, 0.15) is 11.3 Å². The topological polar surface area (TPSA) is 110 Å². The molecule has 2 aromatic rings. The van der Waals surface area contributed by atoms with Gasteiger partial charge in [0, 0.05) is 0 Å². The van der Waals surface area contributed by atoms with Crippen LogP contribution < -0.4 is 5.73 Å². The van der Waals surface area contributed by atoms with Crippen molar-refractivity contribution in [1.29, 1.82) is 0 Å². The van der Waals surface area contributed by atoms with E-state index in [2.05, 4.69) is 20.3 Å². The molecule has 0 aliphatic heterocycles. The minimum absolute atomic E-state index is 0.0127.